The Labute approximate surface area is 135 Å². The first-order chi connectivity index (χ1) is 10.5. The molecule has 116 valence electrons. The molecule has 0 aliphatic heterocycles. The predicted octanol–water partition coefficient (Wildman–Crippen LogP) is 3.12. The van der Waals surface area contributed by atoms with Gasteiger partial charge in [-0.05, 0) is 35.4 Å². The van der Waals surface area contributed by atoms with E-state index in [1.54, 1.807) is 12.1 Å². The van der Waals surface area contributed by atoms with Crippen LogP contribution >= 0.6 is 11.6 Å². The van der Waals surface area contributed by atoms with Crippen LogP contribution in [0.3, 0.4) is 0 Å². The molecule has 22 heavy (non-hydrogen) atoms. The van der Waals surface area contributed by atoms with Gasteiger partial charge in [0.15, 0.2) is 0 Å². The van der Waals surface area contributed by atoms with Crippen LogP contribution in [-0.2, 0) is 11.3 Å². The Morgan fingerprint density at radius 1 is 1.14 bits per heavy atom. The topological polar surface area (TPSA) is 61.4 Å². The van der Waals surface area contributed by atoms with Gasteiger partial charge in [-0.25, -0.2) is 0 Å². The van der Waals surface area contributed by atoms with E-state index in [-0.39, 0.29) is 5.91 Å². The molecular weight excluding hydrogens is 300 g/mol. The second-order valence-electron chi connectivity index (χ2n) is 5.08. The number of anilines is 1. The summed E-state index contributed by atoms with van der Waals surface area (Å²) in [5.74, 6) is -0.0861. The summed E-state index contributed by atoms with van der Waals surface area (Å²) >= 11 is 5.82. The summed E-state index contributed by atoms with van der Waals surface area (Å²) in [6, 6.07) is 14.7. The zero-order chi connectivity index (χ0) is 15.9. The molecule has 0 saturated carbocycles. The maximum absolute atomic E-state index is 10.9. The highest BCUT2D eigenvalue weighted by Gasteiger charge is 2.06. The Morgan fingerprint density at radius 2 is 1.77 bits per heavy atom. The van der Waals surface area contributed by atoms with Crippen LogP contribution in [0.1, 0.15) is 24.2 Å². The summed E-state index contributed by atoms with van der Waals surface area (Å²) in [5, 5.41) is 16.7. The quantitative estimate of drug-likeness (QED) is 0.767. The zero-order valence-corrected chi connectivity index (χ0v) is 13.1. The van der Waals surface area contributed by atoms with Gasteiger partial charge in [0, 0.05) is 30.7 Å². The summed E-state index contributed by atoms with van der Waals surface area (Å²) in [7, 11) is 0. The van der Waals surface area contributed by atoms with Crippen LogP contribution in [-0.4, -0.2) is 17.6 Å². The molecule has 1 atom stereocenters. The summed E-state index contributed by atoms with van der Waals surface area (Å²) in [6.45, 7) is 2.58. The molecular formula is C17H19ClN2O2. The SMILES string of the molecule is CC(=O)Nc1ccc(CNC[C@@H](O)c2ccc(Cl)cc2)cc1. The van der Waals surface area contributed by atoms with Crippen LogP contribution in [0.2, 0.25) is 5.02 Å². The molecule has 0 fully saturated rings. The molecule has 0 saturated heterocycles. The molecule has 4 nitrogen and oxygen atoms in total. The summed E-state index contributed by atoms with van der Waals surface area (Å²) in [4.78, 5) is 10.9. The average Bonchev–Trinajstić information content (AvgIpc) is 2.49. The third-order valence-electron chi connectivity index (χ3n) is 3.20. The minimum atomic E-state index is -0.573. The number of aliphatic hydroxyl groups excluding tert-OH is 1. The second-order valence-corrected chi connectivity index (χ2v) is 5.51. The molecule has 0 aromatic heterocycles. The van der Waals surface area contributed by atoms with Gasteiger partial charge in [-0.3, -0.25) is 4.79 Å². The van der Waals surface area contributed by atoms with E-state index in [4.69, 9.17) is 11.6 Å². The fraction of sp³-hybridized carbons (Fsp3) is 0.235. The maximum Gasteiger partial charge on any atom is 0.221 e. The van der Waals surface area contributed by atoms with Gasteiger partial charge in [0.1, 0.15) is 0 Å². The normalized spacial score (nSPS) is 12.0. The number of rotatable bonds is 6. The van der Waals surface area contributed by atoms with E-state index < -0.39 is 6.10 Å². The van der Waals surface area contributed by atoms with Crippen LogP contribution in [0.5, 0.6) is 0 Å². The Morgan fingerprint density at radius 3 is 2.36 bits per heavy atom. The standard InChI is InChI=1S/C17H19ClN2O2/c1-12(21)20-16-8-2-13(3-9-16)10-19-11-17(22)14-4-6-15(18)7-5-14/h2-9,17,19,22H,10-11H2,1H3,(H,20,21)/t17-/m1/s1. The fourth-order valence-electron chi connectivity index (χ4n) is 2.07. The molecule has 0 aliphatic carbocycles. The first-order valence-electron chi connectivity index (χ1n) is 7.05. The first-order valence-corrected chi connectivity index (χ1v) is 7.43. The lowest BCUT2D eigenvalue weighted by atomic mass is 10.1. The van der Waals surface area contributed by atoms with Crippen molar-refractivity contribution < 1.29 is 9.90 Å². The van der Waals surface area contributed by atoms with Crippen molar-refractivity contribution in [2.45, 2.75) is 19.6 Å². The van der Waals surface area contributed by atoms with E-state index in [1.807, 2.05) is 36.4 Å². The van der Waals surface area contributed by atoms with E-state index >= 15 is 0 Å². The number of aliphatic hydroxyl groups is 1. The Bertz CT molecular complexity index is 612. The maximum atomic E-state index is 10.9. The Balaban J connectivity index is 1.80. The smallest absolute Gasteiger partial charge is 0.221 e. The van der Waals surface area contributed by atoms with Crippen molar-refractivity contribution in [1.82, 2.24) is 5.32 Å². The minimum Gasteiger partial charge on any atom is -0.387 e. The van der Waals surface area contributed by atoms with Crippen LogP contribution in [0.15, 0.2) is 48.5 Å². The van der Waals surface area contributed by atoms with E-state index in [1.165, 1.54) is 6.92 Å². The van der Waals surface area contributed by atoms with Gasteiger partial charge >= 0.3 is 0 Å². The lowest BCUT2D eigenvalue weighted by molar-refractivity contribution is -0.114. The number of hydrogen-bond donors (Lipinski definition) is 3. The Kier molecular flexibility index (Phi) is 5.95. The van der Waals surface area contributed by atoms with Crippen molar-refractivity contribution in [3.8, 4) is 0 Å². The summed E-state index contributed by atoms with van der Waals surface area (Å²) < 4.78 is 0. The molecule has 1 amide bonds. The number of nitrogens with one attached hydrogen (secondary N) is 2. The van der Waals surface area contributed by atoms with Crippen molar-refractivity contribution in [2.75, 3.05) is 11.9 Å². The van der Waals surface area contributed by atoms with Crippen LogP contribution in [0, 0.1) is 0 Å². The van der Waals surface area contributed by atoms with Crippen LogP contribution in [0.4, 0.5) is 5.69 Å². The number of carbonyl (C=O) groups excluding carboxylic acids is 1. The molecule has 2 rings (SSSR count). The monoisotopic (exact) mass is 318 g/mol. The number of halogens is 1. The molecule has 0 bridgehead atoms. The zero-order valence-electron chi connectivity index (χ0n) is 12.3. The highest BCUT2D eigenvalue weighted by Crippen LogP contribution is 2.16. The largest absolute Gasteiger partial charge is 0.387 e. The van der Waals surface area contributed by atoms with Crippen molar-refractivity contribution in [2.24, 2.45) is 0 Å². The van der Waals surface area contributed by atoms with Crippen molar-refractivity contribution in [1.29, 1.82) is 0 Å². The molecule has 0 aliphatic rings. The molecule has 0 heterocycles. The van der Waals surface area contributed by atoms with Crippen LogP contribution in [0.25, 0.3) is 0 Å². The molecule has 2 aromatic rings. The minimum absolute atomic E-state index is 0.0861. The first kappa shape index (κ1) is 16.5. The van der Waals surface area contributed by atoms with Crippen molar-refractivity contribution >= 4 is 23.2 Å². The summed E-state index contributed by atoms with van der Waals surface area (Å²) in [6.07, 6.45) is -0.573. The molecule has 2 aromatic carbocycles. The fourth-order valence-corrected chi connectivity index (χ4v) is 2.19. The third kappa shape index (κ3) is 5.15. The lowest BCUT2D eigenvalue weighted by Crippen LogP contribution is -2.21. The van der Waals surface area contributed by atoms with E-state index in [2.05, 4.69) is 10.6 Å². The van der Waals surface area contributed by atoms with Crippen molar-refractivity contribution in [3.05, 3.63) is 64.7 Å². The molecule has 5 heteroatoms. The number of amides is 1. The predicted molar refractivity (Wildman–Crippen MR) is 88.9 cm³/mol. The van der Waals surface area contributed by atoms with E-state index in [0.717, 1.165) is 16.8 Å². The van der Waals surface area contributed by atoms with Gasteiger partial charge < -0.3 is 15.7 Å². The molecule has 0 spiro atoms. The van der Waals surface area contributed by atoms with Gasteiger partial charge in [0.05, 0.1) is 6.10 Å². The Hall–Kier alpha value is -1.88. The van der Waals surface area contributed by atoms with E-state index in [9.17, 15) is 9.90 Å². The van der Waals surface area contributed by atoms with Gasteiger partial charge in [-0.1, -0.05) is 35.9 Å². The molecule has 3 N–H and O–H groups in total. The number of carbonyl (C=O) groups is 1. The van der Waals surface area contributed by atoms with Gasteiger partial charge in [-0.15, -0.1) is 0 Å². The molecule has 0 unspecified atom stereocenters. The van der Waals surface area contributed by atoms with Gasteiger partial charge in [-0.2, -0.15) is 0 Å². The highest BCUT2D eigenvalue weighted by molar-refractivity contribution is 6.30. The number of hydrogen-bond acceptors (Lipinski definition) is 3. The lowest BCUT2D eigenvalue weighted by Gasteiger charge is -2.12. The van der Waals surface area contributed by atoms with Gasteiger partial charge in [0.25, 0.3) is 0 Å². The molecule has 0 radical (unpaired) electrons. The summed E-state index contributed by atoms with van der Waals surface area (Å²) in [5.41, 5.74) is 2.69. The van der Waals surface area contributed by atoms with Crippen LogP contribution < -0.4 is 10.6 Å². The average molecular weight is 319 g/mol. The second kappa shape index (κ2) is 7.94. The third-order valence-corrected chi connectivity index (χ3v) is 3.45. The van der Waals surface area contributed by atoms with Gasteiger partial charge in [0.2, 0.25) is 5.91 Å². The highest BCUT2D eigenvalue weighted by atomic mass is 35.5. The number of benzene rings is 2. The van der Waals surface area contributed by atoms with E-state index in [0.29, 0.717) is 18.1 Å². The van der Waals surface area contributed by atoms with Crippen molar-refractivity contribution in [3.63, 3.8) is 0 Å².